The molecule has 248 valence electrons. The number of rotatable bonds is 0. The molecule has 0 radical (unpaired) electrons. The van der Waals surface area contributed by atoms with Crippen LogP contribution in [0.25, 0.3) is 43.1 Å². The lowest BCUT2D eigenvalue weighted by Gasteiger charge is -2.47. The van der Waals surface area contributed by atoms with Gasteiger partial charge in [-0.1, -0.05) is 97.1 Å². The van der Waals surface area contributed by atoms with E-state index in [0.717, 1.165) is 46.0 Å². The van der Waals surface area contributed by atoms with Gasteiger partial charge in [0.15, 0.2) is 0 Å². The molecule has 9 heteroatoms. The molecule has 53 heavy (non-hydrogen) atoms. The quantitative estimate of drug-likeness (QED) is 0.117. The average molecular weight is 697 g/mol. The molecular weight excluding hydrogens is 669 g/mol. The standard InChI is InChI=1S/C44H28N8Si/c1-5-13-29-21-37-33(17-25(29)9-1)45-41-42-46-34-18-26-10-2-6-14-30(26)22-38(34)50(42)53(49(37)41)51-39-23-31-15-7-3-11-27(31)19-35(39)47-43(51)44-48-36-20-28-12-4-8-16-32(28)24-40(36)52(44)53/h1-24,45-48H. The van der Waals surface area contributed by atoms with Crippen molar-refractivity contribution < 1.29 is 0 Å². The number of hydrogen-bond acceptors (Lipinski definition) is 8. The predicted molar refractivity (Wildman–Crippen MR) is 220 cm³/mol. The van der Waals surface area contributed by atoms with Gasteiger partial charge in [0.05, 0.1) is 45.5 Å². The second kappa shape index (κ2) is 8.85. The van der Waals surface area contributed by atoms with Gasteiger partial charge in [0.2, 0.25) is 0 Å². The van der Waals surface area contributed by atoms with E-state index < -0.39 is 8.72 Å². The Morgan fingerprint density at radius 3 is 0.717 bits per heavy atom. The van der Waals surface area contributed by atoms with Crippen molar-refractivity contribution in [3.05, 3.63) is 169 Å². The van der Waals surface area contributed by atoms with Crippen molar-refractivity contribution in [3.63, 3.8) is 0 Å². The van der Waals surface area contributed by atoms with Gasteiger partial charge in [-0.3, -0.25) is 18.3 Å². The number of nitrogens with zero attached hydrogens (tertiary/aromatic N) is 4. The Balaban J connectivity index is 1.13. The molecule has 4 N–H and O–H groups in total. The fraction of sp³-hybridized carbons (Fsp3) is 0. The molecule has 0 fully saturated rings. The molecule has 8 nitrogen and oxygen atoms in total. The molecular formula is C44H28N8Si. The van der Waals surface area contributed by atoms with E-state index in [1.54, 1.807) is 0 Å². The van der Waals surface area contributed by atoms with Crippen LogP contribution in [0.3, 0.4) is 0 Å². The van der Waals surface area contributed by atoms with E-state index in [2.05, 4.69) is 185 Å². The summed E-state index contributed by atoms with van der Waals surface area (Å²) in [5.41, 5.74) is 9.20. The van der Waals surface area contributed by atoms with E-state index >= 15 is 0 Å². The third-order valence-electron chi connectivity index (χ3n) is 12.0. The molecule has 0 bridgehead atoms. The summed E-state index contributed by atoms with van der Waals surface area (Å²) in [6, 6.07) is 53.6. The summed E-state index contributed by atoms with van der Waals surface area (Å²) in [5, 5.41) is 25.7. The Bertz CT molecular complexity index is 2710. The van der Waals surface area contributed by atoms with Gasteiger partial charge < -0.3 is 21.3 Å². The maximum Gasteiger partial charge on any atom is 0.526 e. The van der Waals surface area contributed by atoms with E-state index in [1.807, 2.05) is 0 Å². The highest BCUT2D eigenvalue weighted by Crippen LogP contribution is 2.64. The summed E-state index contributed by atoms with van der Waals surface area (Å²) in [6.07, 6.45) is 0. The summed E-state index contributed by atoms with van der Waals surface area (Å²) < 4.78 is 10.7. The van der Waals surface area contributed by atoms with Crippen molar-refractivity contribution >= 4 is 97.3 Å². The minimum absolute atomic E-state index is 1.08. The highest BCUT2D eigenvalue weighted by molar-refractivity contribution is 6.97. The summed E-state index contributed by atoms with van der Waals surface area (Å²) in [4.78, 5) is 0. The lowest BCUT2D eigenvalue weighted by Crippen LogP contribution is -2.77. The summed E-state index contributed by atoms with van der Waals surface area (Å²) in [7, 11) is -3.41. The van der Waals surface area contributed by atoms with Gasteiger partial charge in [-0.25, -0.2) is 0 Å². The van der Waals surface area contributed by atoms with Gasteiger partial charge in [-0.2, -0.15) is 0 Å². The lowest BCUT2D eigenvalue weighted by atomic mass is 10.1. The van der Waals surface area contributed by atoms with Gasteiger partial charge in [-0.05, 0) is 91.6 Å². The normalized spacial score (nSPS) is 17.5. The first-order chi connectivity index (χ1) is 26.2. The number of fused-ring (bicyclic) bond motifs is 20. The fourth-order valence-electron chi connectivity index (χ4n) is 9.78. The zero-order valence-corrected chi connectivity index (χ0v) is 29.1. The molecule has 0 saturated carbocycles. The predicted octanol–water partition coefficient (Wildman–Crippen LogP) is 10.0. The van der Waals surface area contributed by atoms with E-state index in [-0.39, 0.29) is 0 Å². The summed E-state index contributed by atoms with van der Waals surface area (Å²) in [6.45, 7) is 0. The van der Waals surface area contributed by atoms with Crippen LogP contribution in [0, 0.1) is 0 Å². The highest BCUT2D eigenvalue weighted by Gasteiger charge is 2.76. The molecule has 0 saturated heterocycles. The second-order valence-electron chi connectivity index (χ2n) is 14.7. The van der Waals surface area contributed by atoms with E-state index in [0.29, 0.717) is 0 Å². The van der Waals surface area contributed by atoms with Crippen LogP contribution in [-0.2, 0) is 0 Å². The van der Waals surface area contributed by atoms with E-state index in [9.17, 15) is 0 Å². The average Bonchev–Trinajstić information content (AvgIpc) is 4.01. The Kier molecular flexibility index (Phi) is 4.45. The molecule has 0 unspecified atom stereocenters. The molecule has 8 aromatic rings. The number of nitrogens with one attached hydrogen (secondary N) is 4. The van der Waals surface area contributed by atoms with Crippen LogP contribution in [0.15, 0.2) is 169 Å². The molecule has 14 rings (SSSR count). The van der Waals surface area contributed by atoms with E-state index in [4.69, 9.17) is 0 Å². The van der Waals surface area contributed by atoms with Gasteiger partial charge in [-0.15, -0.1) is 0 Å². The first-order valence-electron chi connectivity index (χ1n) is 18.1. The van der Waals surface area contributed by atoms with Crippen LogP contribution < -0.4 is 39.5 Å². The maximum atomic E-state index is 3.98. The highest BCUT2D eigenvalue weighted by atomic mass is 28.4. The monoisotopic (exact) mass is 696 g/mol. The lowest BCUT2D eigenvalue weighted by molar-refractivity contribution is 1.16. The Labute approximate surface area is 304 Å². The van der Waals surface area contributed by atoms with Crippen LogP contribution in [0.4, 0.5) is 45.5 Å². The molecule has 0 atom stereocenters. The van der Waals surface area contributed by atoms with Crippen molar-refractivity contribution in [2.75, 3.05) is 39.5 Å². The zero-order valence-electron chi connectivity index (χ0n) is 28.1. The van der Waals surface area contributed by atoms with Crippen LogP contribution in [0.2, 0.25) is 0 Å². The second-order valence-corrected chi connectivity index (χ2v) is 17.7. The topological polar surface area (TPSA) is 61.1 Å². The van der Waals surface area contributed by atoms with Gasteiger partial charge >= 0.3 is 8.72 Å². The molecule has 0 amide bonds. The zero-order chi connectivity index (χ0) is 34.2. The fourth-order valence-corrected chi connectivity index (χ4v) is 14.9. The van der Waals surface area contributed by atoms with Crippen molar-refractivity contribution in [1.82, 2.24) is 0 Å². The summed E-state index contributed by atoms with van der Waals surface area (Å²) >= 11 is 0. The Hall–Kier alpha value is -7.10. The number of anilines is 8. The first kappa shape index (κ1) is 26.7. The van der Waals surface area contributed by atoms with Crippen molar-refractivity contribution in [1.29, 1.82) is 0 Å². The number of hydrogen-bond donors (Lipinski definition) is 4. The van der Waals surface area contributed by atoms with Crippen LogP contribution in [0.5, 0.6) is 0 Å². The maximum absolute atomic E-state index is 3.98. The van der Waals surface area contributed by atoms with Crippen molar-refractivity contribution in [2.24, 2.45) is 0 Å². The molecule has 0 aliphatic carbocycles. The minimum atomic E-state index is -3.41. The molecule has 8 aromatic carbocycles. The van der Waals surface area contributed by atoms with Crippen molar-refractivity contribution in [3.8, 4) is 0 Å². The largest absolute Gasteiger partial charge is 0.526 e. The number of benzene rings is 8. The van der Waals surface area contributed by atoms with Gasteiger partial charge in [0, 0.05) is 0 Å². The Morgan fingerprint density at radius 1 is 0.283 bits per heavy atom. The molecule has 6 heterocycles. The Morgan fingerprint density at radius 2 is 0.491 bits per heavy atom. The third-order valence-corrected chi connectivity index (χ3v) is 16.2. The van der Waals surface area contributed by atoms with Crippen LogP contribution in [0.1, 0.15) is 0 Å². The molecule has 6 aliphatic heterocycles. The van der Waals surface area contributed by atoms with Crippen LogP contribution >= 0.6 is 0 Å². The minimum Gasteiger partial charge on any atom is -0.337 e. The van der Waals surface area contributed by atoms with Gasteiger partial charge in [0.25, 0.3) is 0 Å². The van der Waals surface area contributed by atoms with Gasteiger partial charge in [0.1, 0.15) is 23.3 Å². The SMILES string of the molecule is c1ccc2cc3c(cc2c1)NC1=C2Nc4cc5ccccc5cc4N2[Si]2(N13)N1C(=C3Nc4cc5ccccc5cc4N32)Nc2cc3ccccc3cc21. The van der Waals surface area contributed by atoms with Crippen LogP contribution in [-0.4, -0.2) is 8.72 Å². The van der Waals surface area contributed by atoms with Crippen molar-refractivity contribution in [2.45, 2.75) is 0 Å². The first-order valence-corrected chi connectivity index (χ1v) is 19.9. The smallest absolute Gasteiger partial charge is 0.337 e. The molecule has 6 aliphatic rings. The van der Waals surface area contributed by atoms with E-state index in [1.165, 1.54) is 65.8 Å². The molecule has 1 spiro atoms. The molecule has 0 aromatic heterocycles. The third kappa shape index (κ3) is 3.04. The summed E-state index contributed by atoms with van der Waals surface area (Å²) in [5.74, 6) is 4.30.